The van der Waals surface area contributed by atoms with E-state index in [-0.39, 0.29) is 23.8 Å². The van der Waals surface area contributed by atoms with Crippen molar-refractivity contribution in [3.8, 4) is 17.2 Å². The number of alkyl halides is 3. The fourth-order valence-corrected chi connectivity index (χ4v) is 2.98. The molecular weight excluding hydrogens is 411 g/mol. The molecular formula is C22H22F3N3O3. The number of benzene rings is 2. The normalized spacial score (nSPS) is 11.3. The molecule has 31 heavy (non-hydrogen) atoms. The summed E-state index contributed by atoms with van der Waals surface area (Å²) in [5.41, 5.74) is 3.19. The number of halogens is 3. The zero-order chi connectivity index (χ0) is 22.4. The predicted molar refractivity (Wildman–Crippen MR) is 110 cm³/mol. The Morgan fingerprint density at radius 2 is 1.94 bits per heavy atom. The quantitative estimate of drug-likeness (QED) is 0.559. The lowest BCUT2D eigenvalue weighted by molar-refractivity contribution is -0.153. The Morgan fingerprint density at radius 1 is 1.13 bits per heavy atom. The van der Waals surface area contributed by atoms with E-state index in [1.807, 2.05) is 31.2 Å². The number of ether oxygens (including phenoxy) is 2. The van der Waals surface area contributed by atoms with Gasteiger partial charge >= 0.3 is 6.18 Å². The zero-order valence-electron chi connectivity index (χ0n) is 17.1. The molecule has 9 heteroatoms. The van der Waals surface area contributed by atoms with Crippen molar-refractivity contribution in [1.29, 1.82) is 0 Å². The van der Waals surface area contributed by atoms with Crippen LogP contribution in [0.4, 0.5) is 18.9 Å². The number of aryl methyl sites for hydroxylation is 2. The molecule has 2 aromatic carbocycles. The number of hydrogen-bond acceptors (Lipinski definition) is 4. The van der Waals surface area contributed by atoms with Crippen LogP contribution < -0.4 is 14.8 Å². The largest absolute Gasteiger partial charge is 0.493 e. The van der Waals surface area contributed by atoms with E-state index in [4.69, 9.17) is 9.47 Å². The molecule has 0 spiro atoms. The van der Waals surface area contributed by atoms with Crippen molar-refractivity contribution in [1.82, 2.24) is 9.78 Å². The molecule has 0 saturated carbocycles. The van der Waals surface area contributed by atoms with E-state index in [1.165, 1.54) is 13.2 Å². The molecule has 0 unspecified atom stereocenters. The first-order chi connectivity index (χ1) is 14.7. The molecule has 3 rings (SSSR count). The third-order valence-electron chi connectivity index (χ3n) is 4.47. The molecule has 0 aliphatic rings. The predicted octanol–water partition coefficient (Wildman–Crippen LogP) is 4.70. The van der Waals surface area contributed by atoms with Crippen molar-refractivity contribution in [2.24, 2.45) is 0 Å². The summed E-state index contributed by atoms with van der Waals surface area (Å²) < 4.78 is 48.7. The first-order valence-electron chi connectivity index (χ1n) is 9.52. The van der Waals surface area contributed by atoms with Crippen LogP contribution in [0.15, 0.2) is 54.7 Å². The molecule has 0 aliphatic heterocycles. The van der Waals surface area contributed by atoms with Crippen LogP contribution in [-0.2, 0) is 11.2 Å². The maximum Gasteiger partial charge on any atom is 0.422 e. The van der Waals surface area contributed by atoms with Gasteiger partial charge in [-0.25, -0.2) is 4.68 Å². The van der Waals surface area contributed by atoms with E-state index in [1.54, 1.807) is 29.1 Å². The van der Waals surface area contributed by atoms with Crippen molar-refractivity contribution in [3.63, 3.8) is 0 Å². The fraction of sp³-hybridized carbons (Fsp3) is 0.273. The highest BCUT2D eigenvalue weighted by Crippen LogP contribution is 2.30. The van der Waals surface area contributed by atoms with Gasteiger partial charge in [-0.15, -0.1) is 0 Å². The third-order valence-corrected chi connectivity index (χ3v) is 4.47. The van der Waals surface area contributed by atoms with Crippen LogP contribution in [0.5, 0.6) is 11.5 Å². The van der Waals surface area contributed by atoms with Crippen LogP contribution in [-0.4, -0.2) is 35.6 Å². The van der Waals surface area contributed by atoms with Gasteiger partial charge in [0.1, 0.15) is 0 Å². The van der Waals surface area contributed by atoms with Crippen molar-refractivity contribution in [2.75, 3.05) is 19.0 Å². The van der Waals surface area contributed by atoms with Gasteiger partial charge in [0, 0.05) is 24.0 Å². The molecule has 1 amide bonds. The van der Waals surface area contributed by atoms with Crippen molar-refractivity contribution in [3.05, 3.63) is 66.0 Å². The minimum absolute atomic E-state index is 0.00115. The molecule has 164 valence electrons. The van der Waals surface area contributed by atoms with E-state index in [2.05, 4.69) is 10.4 Å². The van der Waals surface area contributed by atoms with Crippen molar-refractivity contribution >= 4 is 11.6 Å². The second-order valence-corrected chi connectivity index (χ2v) is 6.87. The summed E-state index contributed by atoms with van der Waals surface area (Å²) in [6, 6.07) is 13.8. The number of carbonyl (C=O) groups is 1. The molecule has 1 heterocycles. The Balaban J connectivity index is 1.59. The second kappa shape index (κ2) is 9.55. The number of nitrogens with zero attached hydrogens (tertiary/aromatic N) is 2. The Bertz CT molecular complexity index is 1050. The summed E-state index contributed by atoms with van der Waals surface area (Å²) in [6.45, 7) is 0.536. The van der Waals surface area contributed by atoms with Crippen LogP contribution in [0.25, 0.3) is 5.69 Å². The second-order valence-electron chi connectivity index (χ2n) is 6.87. The average Bonchev–Trinajstić information content (AvgIpc) is 3.16. The number of anilines is 1. The van der Waals surface area contributed by atoms with Gasteiger partial charge in [0.15, 0.2) is 18.1 Å². The van der Waals surface area contributed by atoms with Gasteiger partial charge in [0.25, 0.3) is 0 Å². The minimum atomic E-state index is -4.44. The van der Waals surface area contributed by atoms with Crippen LogP contribution in [0.2, 0.25) is 0 Å². The van der Waals surface area contributed by atoms with E-state index in [9.17, 15) is 18.0 Å². The maximum atomic E-state index is 12.4. The van der Waals surface area contributed by atoms with Crippen LogP contribution in [0.3, 0.4) is 0 Å². The number of aromatic nitrogens is 2. The number of amides is 1. The molecule has 3 aromatic rings. The van der Waals surface area contributed by atoms with E-state index >= 15 is 0 Å². The van der Waals surface area contributed by atoms with Crippen LogP contribution >= 0.6 is 0 Å². The molecule has 6 nitrogen and oxygen atoms in total. The van der Waals surface area contributed by atoms with Crippen LogP contribution in [0, 0.1) is 6.92 Å². The SMILES string of the molecule is COc1cc(CCC(=O)Nc2cccc(-n3nccc3C)c2)ccc1OCC(F)(F)F. The highest BCUT2D eigenvalue weighted by molar-refractivity contribution is 5.91. The topological polar surface area (TPSA) is 65.4 Å². The Labute approximate surface area is 177 Å². The number of methoxy groups -OCH3 is 1. The monoisotopic (exact) mass is 433 g/mol. The molecule has 0 aliphatic carbocycles. The summed E-state index contributed by atoms with van der Waals surface area (Å²) in [4.78, 5) is 12.4. The highest BCUT2D eigenvalue weighted by atomic mass is 19.4. The molecule has 0 saturated heterocycles. The lowest BCUT2D eigenvalue weighted by Gasteiger charge is -2.13. The minimum Gasteiger partial charge on any atom is -0.493 e. The maximum absolute atomic E-state index is 12.4. The van der Waals surface area contributed by atoms with Gasteiger partial charge in [0.2, 0.25) is 5.91 Å². The first-order valence-corrected chi connectivity index (χ1v) is 9.52. The van der Waals surface area contributed by atoms with Gasteiger partial charge in [-0.05, 0) is 55.3 Å². The summed E-state index contributed by atoms with van der Waals surface area (Å²) in [7, 11) is 1.35. The smallest absolute Gasteiger partial charge is 0.422 e. The highest BCUT2D eigenvalue weighted by Gasteiger charge is 2.29. The standard InChI is InChI=1S/C22H22F3N3O3/c1-15-10-11-26-28(15)18-5-3-4-17(13-18)27-21(29)9-7-16-6-8-19(20(12-16)30-2)31-14-22(23,24)25/h3-6,8,10-13H,7,9,14H2,1-2H3,(H,27,29). The van der Waals surface area contributed by atoms with Gasteiger partial charge < -0.3 is 14.8 Å². The Hall–Kier alpha value is -3.49. The van der Waals surface area contributed by atoms with Gasteiger partial charge in [-0.1, -0.05) is 12.1 Å². The lowest BCUT2D eigenvalue weighted by atomic mass is 10.1. The van der Waals surface area contributed by atoms with Gasteiger partial charge in [-0.2, -0.15) is 18.3 Å². The number of hydrogen-bond donors (Lipinski definition) is 1. The van der Waals surface area contributed by atoms with Gasteiger partial charge in [-0.3, -0.25) is 4.79 Å². The molecule has 0 atom stereocenters. The van der Waals surface area contributed by atoms with Gasteiger partial charge in [0.05, 0.1) is 12.8 Å². The Morgan fingerprint density at radius 3 is 2.61 bits per heavy atom. The molecule has 0 fully saturated rings. The summed E-state index contributed by atoms with van der Waals surface area (Å²) in [5, 5.41) is 7.10. The molecule has 0 radical (unpaired) electrons. The van der Waals surface area contributed by atoms with Crippen molar-refractivity contribution < 1.29 is 27.4 Å². The zero-order valence-corrected chi connectivity index (χ0v) is 17.1. The fourth-order valence-electron chi connectivity index (χ4n) is 2.98. The van der Waals surface area contributed by atoms with Crippen molar-refractivity contribution in [2.45, 2.75) is 25.9 Å². The third kappa shape index (κ3) is 6.24. The molecule has 1 N–H and O–H groups in total. The van der Waals surface area contributed by atoms with E-state index in [0.717, 1.165) is 16.9 Å². The summed E-state index contributed by atoms with van der Waals surface area (Å²) in [6.07, 6.45) is -2.15. The lowest BCUT2D eigenvalue weighted by Crippen LogP contribution is -2.19. The summed E-state index contributed by atoms with van der Waals surface area (Å²) >= 11 is 0. The number of carbonyl (C=O) groups excluding carboxylic acids is 1. The van der Waals surface area contributed by atoms with E-state index in [0.29, 0.717) is 12.1 Å². The molecule has 1 aromatic heterocycles. The number of rotatable bonds is 8. The first kappa shape index (κ1) is 22.2. The summed E-state index contributed by atoms with van der Waals surface area (Å²) in [5.74, 6) is -0.00564. The van der Waals surface area contributed by atoms with Crippen LogP contribution in [0.1, 0.15) is 17.7 Å². The van der Waals surface area contributed by atoms with E-state index < -0.39 is 12.8 Å². The Kier molecular flexibility index (Phi) is 6.84. The number of nitrogens with one attached hydrogen (secondary N) is 1. The molecule has 0 bridgehead atoms. The average molecular weight is 433 g/mol.